The number of piperidine rings is 1. The van der Waals surface area contributed by atoms with Gasteiger partial charge in [0.05, 0.1) is 4.90 Å². The predicted octanol–water partition coefficient (Wildman–Crippen LogP) is 4.89. The van der Waals surface area contributed by atoms with Crippen LogP contribution in [0.3, 0.4) is 0 Å². The van der Waals surface area contributed by atoms with E-state index in [-0.39, 0.29) is 11.5 Å². The van der Waals surface area contributed by atoms with Gasteiger partial charge in [0.15, 0.2) is 0 Å². The second-order valence-electron chi connectivity index (χ2n) is 12.2. The van der Waals surface area contributed by atoms with Crippen LogP contribution in [0.5, 0.6) is 0 Å². The van der Waals surface area contributed by atoms with Crippen LogP contribution in [0.25, 0.3) is 0 Å². The maximum absolute atomic E-state index is 13.3. The molecule has 208 valence electrons. The first kappa shape index (κ1) is 28.6. The van der Waals surface area contributed by atoms with E-state index in [9.17, 15) is 13.2 Å². The lowest BCUT2D eigenvalue weighted by Crippen LogP contribution is -2.54. The van der Waals surface area contributed by atoms with Crippen LogP contribution in [0.4, 0.5) is 4.79 Å². The lowest BCUT2D eigenvalue weighted by Gasteiger charge is -2.40. The first-order valence-corrected chi connectivity index (χ1v) is 15.1. The van der Waals surface area contributed by atoms with Crippen LogP contribution < -0.4 is 5.32 Å². The highest BCUT2D eigenvalue weighted by Gasteiger charge is 2.44. The number of hydrogen-bond acceptors (Lipinski definition) is 5. The average molecular weight is 542 g/mol. The maximum atomic E-state index is 13.3. The third-order valence-corrected chi connectivity index (χ3v) is 9.85. The predicted molar refractivity (Wildman–Crippen MR) is 150 cm³/mol. The zero-order valence-corrected chi connectivity index (χ0v) is 24.2. The molecular formula is C30H43N3O4S. The van der Waals surface area contributed by atoms with E-state index in [1.54, 1.807) is 31.3 Å². The molecule has 2 aromatic carbocycles. The van der Waals surface area contributed by atoms with E-state index in [0.29, 0.717) is 29.3 Å². The second-order valence-corrected chi connectivity index (χ2v) is 14.3. The number of rotatable bonds is 9. The van der Waals surface area contributed by atoms with Gasteiger partial charge in [-0.3, -0.25) is 0 Å². The molecule has 2 fully saturated rings. The first-order chi connectivity index (χ1) is 17.9. The number of hydrogen-bond donors (Lipinski definition) is 1. The number of likely N-dealkylation sites (N-methyl/N-ethyl adjacent to an activating group) is 1. The highest BCUT2D eigenvalue weighted by Crippen LogP contribution is 2.38. The van der Waals surface area contributed by atoms with E-state index in [1.807, 2.05) is 49.9 Å². The molecule has 1 amide bonds. The van der Waals surface area contributed by atoms with Crippen molar-refractivity contribution in [3.63, 3.8) is 0 Å². The van der Waals surface area contributed by atoms with Crippen molar-refractivity contribution < 1.29 is 17.9 Å². The van der Waals surface area contributed by atoms with Crippen molar-refractivity contribution in [2.24, 2.45) is 11.8 Å². The molecule has 2 aliphatic rings. The lowest BCUT2D eigenvalue weighted by atomic mass is 9.79. The standard InChI is InChI=1S/C30H43N3O4S/c1-29(2,3)37-28(34)33-20-23-16-17-24(21-33)27(23)31-19-18-30(4,25-12-8-6-9-13-25)22-32(5)38(35,36)26-14-10-7-11-15-26/h6-15,23-24,27,31H,16-22H2,1-5H3/t23?,24?,27?,30-/m1/s1. The van der Waals surface area contributed by atoms with Gasteiger partial charge in [-0.2, -0.15) is 0 Å². The molecule has 1 heterocycles. The van der Waals surface area contributed by atoms with Crippen molar-refractivity contribution in [2.75, 3.05) is 33.2 Å². The Morgan fingerprint density at radius 1 is 0.974 bits per heavy atom. The fourth-order valence-electron chi connectivity index (χ4n) is 6.05. The Kier molecular flexibility index (Phi) is 8.55. The molecule has 3 atom stereocenters. The Labute approximate surface area is 228 Å². The summed E-state index contributed by atoms with van der Waals surface area (Å²) >= 11 is 0. The summed E-state index contributed by atoms with van der Waals surface area (Å²) in [6, 6.07) is 19.2. The number of carbonyl (C=O) groups is 1. The molecule has 0 radical (unpaired) electrons. The van der Waals surface area contributed by atoms with Crippen molar-refractivity contribution in [3.8, 4) is 0 Å². The molecule has 4 rings (SSSR count). The molecule has 2 unspecified atom stereocenters. The molecule has 1 saturated carbocycles. The topological polar surface area (TPSA) is 79.0 Å². The van der Waals surface area contributed by atoms with Crippen molar-refractivity contribution in [3.05, 3.63) is 66.2 Å². The van der Waals surface area contributed by atoms with Crippen LogP contribution in [0.15, 0.2) is 65.6 Å². The van der Waals surface area contributed by atoms with E-state index in [2.05, 4.69) is 24.4 Å². The van der Waals surface area contributed by atoms with Gasteiger partial charge >= 0.3 is 6.09 Å². The number of likely N-dealkylation sites (tertiary alicyclic amines) is 1. The smallest absolute Gasteiger partial charge is 0.410 e. The van der Waals surface area contributed by atoms with Crippen LogP contribution in [0, 0.1) is 11.8 Å². The molecule has 1 saturated heterocycles. The van der Waals surface area contributed by atoms with Crippen LogP contribution >= 0.6 is 0 Å². The number of benzene rings is 2. The first-order valence-electron chi connectivity index (χ1n) is 13.7. The monoisotopic (exact) mass is 541 g/mol. The molecule has 38 heavy (non-hydrogen) atoms. The summed E-state index contributed by atoms with van der Waals surface area (Å²) in [4.78, 5) is 14.8. The number of carbonyl (C=O) groups excluding carboxylic acids is 1. The number of amides is 1. The Balaban J connectivity index is 1.42. The third-order valence-electron chi connectivity index (χ3n) is 8.04. The van der Waals surface area contributed by atoms with E-state index in [4.69, 9.17) is 4.74 Å². The summed E-state index contributed by atoms with van der Waals surface area (Å²) in [6.45, 7) is 10.4. The highest BCUT2D eigenvalue weighted by atomic mass is 32.2. The van der Waals surface area contributed by atoms with Gasteiger partial charge in [0.1, 0.15) is 5.60 Å². The maximum Gasteiger partial charge on any atom is 0.410 e. The molecule has 1 aliphatic heterocycles. The van der Waals surface area contributed by atoms with Gasteiger partial charge in [-0.15, -0.1) is 0 Å². The van der Waals surface area contributed by atoms with Crippen molar-refractivity contribution >= 4 is 16.1 Å². The molecule has 1 N–H and O–H groups in total. The minimum absolute atomic E-state index is 0.216. The SMILES string of the molecule is CN(C[C@@](C)(CCNC1C2CCC1CN(C(=O)OC(C)(C)C)C2)c1ccccc1)S(=O)(=O)c1ccccc1. The summed E-state index contributed by atoms with van der Waals surface area (Å²) in [6.07, 6.45) is 2.79. The van der Waals surface area contributed by atoms with Crippen molar-refractivity contribution in [1.29, 1.82) is 0 Å². The van der Waals surface area contributed by atoms with Crippen molar-refractivity contribution in [1.82, 2.24) is 14.5 Å². The van der Waals surface area contributed by atoms with Crippen LogP contribution in [-0.4, -0.2) is 68.6 Å². The number of nitrogens with zero attached hydrogens (tertiary/aromatic N) is 2. The van der Waals surface area contributed by atoms with Gasteiger partial charge in [-0.05, 0) is 76.1 Å². The lowest BCUT2D eigenvalue weighted by molar-refractivity contribution is 0.0114. The fourth-order valence-corrected chi connectivity index (χ4v) is 7.37. The molecule has 0 spiro atoms. The van der Waals surface area contributed by atoms with E-state index >= 15 is 0 Å². The number of fused-ring (bicyclic) bond motifs is 2. The summed E-state index contributed by atoms with van der Waals surface area (Å²) < 4.78 is 33.7. The van der Waals surface area contributed by atoms with E-state index in [0.717, 1.165) is 44.5 Å². The molecule has 1 aliphatic carbocycles. The van der Waals surface area contributed by atoms with Crippen LogP contribution in [0.1, 0.15) is 52.5 Å². The minimum Gasteiger partial charge on any atom is -0.444 e. The van der Waals surface area contributed by atoms with Gasteiger partial charge in [-0.25, -0.2) is 17.5 Å². The summed E-state index contributed by atoms with van der Waals surface area (Å²) in [5.41, 5.74) is 0.259. The molecule has 8 heteroatoms. The molecule has 2 bridgehead atoms. The summed E-state index contributed by atoms with van der Waals surface area (Å²) in [5, 5.41) is 3.81. The van der Waals surface area contributed by atoms with Gasteiger partial charge < -0.3 is 15.0 Å². The van der Waals surface area contributed by atoms with Crippen LogP contribution in [-0.2, 0) is 20.2 Å². The molecule has 2 aromatic rings. The molecular weight excluding hydrogens is 498 g/mol. The zero-order valence-electron chi connectivity index (χ0n) is 23.4. The zero-order chi connectivity index (χ0) is 27.6. The fraction of sp³-hybridized carbons (Fsp3) is 0.567. The van der Waals surface area contributed by atoms with Gasteiger partial charge in [0.2, 0.25) is 10.0 Å². The van der Waals surface area contributed by atoms with Crippen molar-refractivity contribution in [2.45, 2.75) is 68.9 Å². The quantitative estimate of drug-likeness (QED) is 0.489. The van der Waals surface area contributed by atoms with E-state index in [1.165, 1.54) is 4.31 Å². The second kappa shape index (κ2) is 11.4. The number of sulfonamides is 1. The van der Waals surface area contributed by atoms with E-state index < -0.39 is 15.6 Å². The van der Waals surface area contributed by atoms with Gasteiger partial charge in [0, 0.05) is 38.1 Å². The third kappa shape index (κ3) is 6.58. The average Bonchev–Trinajstić information content (AvgIpc) is 3.10. The number of ether oxygens (including phenoxy) is 1. The molecule has 0 aromatic heterocycles. The van der Waals surface area contributed by atoms with Gasteiger partial charge in [-0.1, -0.05) is 55.5 Å². The summed E-state index contributed by atoms with van der Waals surface area (Å²) in [5.74, 6) is 0.816. The number of nitrogens with one attached hydrogen (secondary N) is 1. The largest absolute Gasteiger partial charge is 0.444 e. The van der Waals surface area contributed by atoms with Crippen LogP contribution in [0.2, 0.25) is 0 Å². The summed E-state index contributed by atoms with van der Waals surface area (Å²) in [7, 11) is -1.93. The highest BCUT2D eigenvalue weighted by molar-refractivity contribution is 7.89. The Morgan fingerprint density at radius 3 is 2.08 bits per heavy atom. The normalized spacial score (nSPS) is 23.3. The van der Waals surface area contributed by atoms with Gasteiger partial charge in [0.25, 0.3) is 0 Å². The Hall–Kier alpha value is -2.42. The Bertz CT molecular complexity index is 1170. The minimum atomic E-state index is -3.60. The molecule has 7 nitrogen and oxygen atoms in total. The Morgan fingerprint density at radius 2 is 1.53 bits per heavy atom.